The van der Waals surface area contributed by atoms with Gasteiger partial charge in [0, 0.05) is 19.3 Å². The first kappa shape index (κ1) is 50.0. The quantitative estimate of drug-likeness (QED) is 0.0285. The normalized spacial score (nSPS) is 14.2. The van der Waals surface area contributed by atoms with Crippen LogP contribution in [0.2, 0.25) is 0 Å². The second-order valence-corrected chi connectivity index (χ2v) is 13.7. The summed E-state index contributed by atoms with van der Waals surface area (Å²) in [7, 11) is 5.34. The number of quaternary nitrogens is 1. The summed E-state index contributed by atoms with van der Waals surface area (Å²) in [5.41, 5.74) is 0. The van der Waals surface area contributed by atoms with Gasteiger partial charge in [-0.15, -0.1) is 0 Å². The minimum Gasteiger partial charge on any atom is -0.544 e. The number of likely N-dealkylation sites (N-methyl/N-ethyl adjacent to an activating group) is 1. The highest BCUT2D eigenvalue weighted by atomic mass is 16.6. The first-order chi connectivity index (χ1) is 26.1. The SMILES string of the molecule is CC/C=C/C/C=C/C/C=C/C/C=C/C/C=C/C/C=C/CCC(=O)OC(COCCC(C(=O)[O-])[N+](C)(C)C)COC(=O)CCC/C=C/C/C=C/C/C=C/CC. The molecule has 0 aliphatic carbocycles. The van der Waals surface area contributed by atoms with Crippen LogP contribution in [0, 0.1) is 0 Å². The summed E-state index contributed by atoms with van der Waals surface area (Å²) in [6, 6.07) is -0.752. The van der Waals surface area contributed by atoms with Crippen molar-refractivity contribution < 1.29 is 38.2 Å². The number of unbranched alkanes of at least 4 members (excludes halogenated alkanes) is 1. The van der Waals surface area contributed by atoms with Gasteiger partial charge in [-0.2, -0.15) is 0 Å². The van der Waals surface area contributed by atoms with E-state index in [9.17, 15) is 19.5 Å². The Morgan fingerprint density at radius 2 is 0.981 bits per heavy atom. The van der Waals surface area contributed by atoms with Gasteiger partial charge in [-0.1, -0.05) is 123 Å². The van der Waals surface area contributed by atoms with E-state index in [1.807, 2.05) is 12.2 Å². The molecule has 0 aromatic rings. The Balaban J connectivity index is 4.61. The minimum absolute atomic E-state index is 0.0136. The topological polar surface area (TPSA) is 102 Å². The van der Waals surface area contributed by atoms with Crippen LogP contribution in [0.4, 0.5) is 0 Å². The third kappa shape index (κ3) is 33.8. The van der Waals surface area contributed by atoms with E-state index in [0.717, 1.165) is 64.2 Å². The summed E-state index contributed by atoms with van der Waals surface area (Å²) in [5.74, 6) is -1.94. The van der Waals surface area contributed by atoms with Crippen LogP contribution in [0.3, 0.4) is 0 Å². The molecule has 0 amide bonds. The van der Waals surface area contributed by atoms with E-state index < -0.39 is 24.1 Å². The van der Waals surface area contributed by atoms with E-state index >= 15 is 0 Å². The Bertz CT molecular complexity index is 1240. The van der Waals surface area contributed by atoms with Crippen molar-refractivity contribution in [2.45, 2.75) is 122 Å². The van der Waals surface area contributed by atoms with E-state index in [0.29, 0.717) is 12.8 Å². The number of aliphatic carboxylic acids is 1. The molecule has 0 fully saturated rings. The zero-order valence-electron chi connectivity index (χ0n) is 34.1. The molecule has 302 valence electrons. The molecule has 0 aromatic heterocycles. The monoisotopic (exact) mass is 750 g/mol. The van der Waals surface area contributed by atoms with Crippen LogP contribution in [-0.2, 0) is 28.6 Å². The minimum atomic E-state index is -1.15. The molecular formula is C46H71NO7. The first-order valence-corrected chi connectivity index (χ1v) is 19.9. The van der Waals surface area contributed by atoms with Crippen LogP contribution in [0.25, 0.3) is 0 Å². The van der Waals surface area contributed by atoms with Gasteiger partial charge in [0.15, 0.2) is 6.10 Å². The Kier molecular flexibility index (Phi) is 33.3. The zero-order chi connectivity index (χ0) is 40.0. The standard InChI is InChI=1S/C46H71NO7/c1-6-8-10-12-14-16-18-19-20-21-22-23-24-25-27-29-31-33-35-37-45(49)54-42(40-52-39-38-43(46(50)51)47(3,4)5)41-53-44(48)36-34-32-30-28-26-17-15-13-11-9-7-2/h8-11,14-17,19-20,22-23,25,27-28,30-31,33,42-43H,6-7,12-13,18,21,24,26,29,32,34-41H2,1-5H3/b10-8+,11-9+,16-14+,17-15+,20-19+,23-22+,27-25+,30-28+,33-31+. The van der Waals surface area contributed by atoms with Crippen molar-refractivity contribution in [1.29, 1.82) is 0 Å². The van der Waals surface area contributed by atoms with Crippen molar-refractivity contribution in [2.24, 2.45) is 0 Å². The molecule has 0 aliphatic rings. The van der Waals surface area contributed by atoms with E-state index in [4.69, 9.17) is 14.2 Å². The number of esters is 2. The molecule has 0 rings (SSSR count). The van der Waals surface area contributed by atoms with E-state index in [1.54, 1.807) is 21.1 Å². The van der Waals surface area contributed by atoms with Gasteiger partial charge < -0.3 is 28.6 Å². The summed E-state index contributed by atoms with van der Waals surface area (Å²) in [6.07, 6.45) is 48.6. The Morgan fingerprint density at radius 1 is 0.556 bits per heavy atom. The number of carbonyl (C=O) groups is 3. The van der Waals surface area contributed by atoms with E-state index in [2.05, 4.69) is 111 Å². The zero-order valence-corrected chi connectivity index (χ0v) is 34.1. The Labute approximate surface area is 328 Å². The number of rotatable bonds is 33. The van der Waals surface area contributed by atoms with Crippen molar-refractivity contribution in [3.8, 4) is 0 Å². The molecule has 2 atom stereocenters. The number of hydrogen-bond donors (Lipinski definition) is 0. The first-order valence-electron chi connectivity index (χ1n) is 19.9. The maximum absolute atomic E-state index is 12.6. The number of carboxylic acid groups (broad SMARTS) is 1. The third-order valence-corrected chi connectivity index (χ3v) is 7.92. The highest BCUT2D eigenvalue weighted by molar-refractivity contribution is 5.70. The molecule has 0 aromatic carbocycles. The van der Waals surface area contributed by atoms with Crippen LogP contribution in [-0.4, -0.2) is 75.5 Å². The van der Waals surface area contributed by atoms with Gasteiger partial charge in [0.05, 0.1) is 40.3 Å². The van der Waals surface area contributed by atoms with Gasteiger partial charge in [0.2, 0.25) is 0 Å². The number of carbonyl (C=O) groups excluding carboxylic acids is 3. The molecule has 54 heavy (non-hydrogen) atoms. The molecule has 2 unspecified atom stereocenters. The molecule has 0 heterocycles. The van der Waals surface area contributed by atoms with E-state index in [1.165, 1.54) is 0 Å². The molecule has 0 bridgehead atoms. The molecule has 8 heteroatoms. The van der Waals surface area contributed by atoms with Crippen LogP contribution in [0.1, 0.15) is 110 Å². The lowest BCUT2D eigenvalue weighted by molar-refractivity contribution is -0.889. The highest BCUT2D eigenvalue weighted by Gasteiger charge is 2.25. The average molecular weight is 750 g/mol. The fourth-order valence-electron chi connectivity index (χ4n) is 4.88. The number of allylic oxidation sites excluding steroid dienone is 18. The van der Waals surface area contributed by atoms with E-state index in [-0.39, 0.29) is 49.5 Å². The van der Waals surface area contributed by atoms with Crippen molar-refractivity contribution in [1.82, 2.24) is 0 Å². The molecular weight excluding hydrogens is 679 g/mol. The second kappa shape index (κ2) is 36.0. The second-order valence-electron chi connectivity index (χ2n) is 13.7. The van der Waals surface area contributed by atoms with Gasteiger partial charge in [-0.25, -0.2) is 0 Å². The summed E-state index contributed by atoms with van der Waals surface area (Å²) in [4.78, 5) is 36.6. The highest BCUT2D eigenvalue weighted by Crippen LogP contribution is 2.09. The van der Waals surface area contributed by atoms with Gasteiger partial charge >= 0.3 is 11.9 Å². The molecule has 0 spiro atoms. The lowest BCUT2D eigenvalue weighted by Gasteiger charge is -2.34. The summed E-state index contributed by atoms with van der Waals surface area (Å²) in [6.45, 7) is 4.24. The number of hydrogen-bond acceptors (Lipinski definition) is 7. The number of ether oxygens (including phenoxy) is 3. The third-order valence-electron chi connectivity index (χ3n) is 7.92. The summed E-state index contributed by atoms with van der Waals surface area (Å²) >= 11 is 0. The molecule has 0 saturated carbocycles. The lowest BCUT2D eigenvalue weighted by atomic mass is 10.1. The van der Waals surface area contributed by atoms with Crippen molar-refractivity contribution in [3.05, 3.63) is 109 Å². The molecule has 0 saturated heterocycles. The molecule has 0 radical (unpaired) electrons. The maximum atomic E-state index is 12.6. The largest absolute Gasteiger partial charge is 0.544 e. The van der Waals surface area contributed by atoms with Crippen LogP contribution >= 0.6 is 0 Å². The van der Waals surface area contributed by atoms with Gasteiger partial charge in [0.1, 0.15) is 12.6 Å². The van der Waals surface area contributed by atoms with Crippen LogP contribution in [0.5, 0.6) is 0 Å². The molecule has 0 N–H and O–H groups in total. The Morgan fingerprint density at radius 3 is 1.41 bits per heavy atom. The average Bonchev–Trinajstić information content (AvgIpc) is 3.12. The van der Waals surface area contributed by atoms with Crippen molar-refractivity contribution in [3.63, 3.8) is 0 Å². The van der Waals surface area contributed by atoms with Crippen molar-refractivity contribution in [2.75, 3.05) is 41.0 Å². The Hall–Kier alpha value is -4.01. The number of nitrogens with zero attached hydrogens (tertiary/aromatic N) is 1. The fraction of sp³-hybridized carbons (Fsp3) is 0.543. The van der Waals surface area contributed by atoms with Crippen molar-refractivity contribution >= 4 is 17.9 Å². The van der Waals surface area contributed by atoms with Crippen LogP contribution < -0.4 is 5.11 Å². The molecule has 8 nitrogen and oxygen atoms in total. The predicted octanol–water partition coefficient (Wildman–Crippen LogP) is 9.18. The number of carboxylic acids is 1. The van der Waals surface area contributed by atoms with Gasteiger partial charge in [-0.05, 0) is 77.0 Å². The van der Waals surface area contributed by atoms with Gasteiger partial charge in [0.25, 0.3) is 0 Å². The van der Waals surface area contributed by atoms with Crippen LogP contribution in [0.15, 0.2) is 109 Å². The smallest absolute Gasteiger partial charge is 0.306 e. The predicted molar refractivity (Wildman–Crippen MR) is 221 cm³/mol. The fourth-order valence-corrected chi connectivity index (χ4v) is 4.88. The maximum Gasteiger partial charge on any atom is 0.306 e. The molecule has 0 aliphatic heterocycles. The van der Waals surface area contributed by atoms with Gasteiger partial charge in [-0.3, -0.25) is 9.59 Å². The summed E-state index contributed by atoms with van der Waals surface area (Å²) in [5, 5.41) is 11.6. The summed E-state index contributed by atoms with van der Waals surface area (Å²) < 4.78 is 16.9. The lowest BCUT2D eigenvalue weighted by Crippen LogP contribution is -2.55.